The fourth-order valence-electron chi connectivity index (χ4n) is 3.32. The Morgan fingerprint density at radius 2 is 1.79 bits per heavy atom. The Hall–Kier alpha value is -2.19. The van der Waals surface area contributed by atoms with Crippen LogP contribution in [0.15, 0.2) is 29.2 Å². The Kier molecular flexibility index (Phi) is 6.43. The number of sulfone groups is 1. The van der Waals surface area contributed by atoms with Crippen molar-refractivity contribution in [3.05, 3.63) is 45.8 Å². The van der Waals surface area contributed by atoms with E-state index in [0.29, 0.717) is 16.1 Å². The zero-order valence-electron chi connectivity index (χ0n) is 16.8. The molecule has 0 unspecified atom stereocenters. The molecule has 2 aromatic rings. The van der Waals surface area contributed by atoms with E-state index in [4.69, 9.17) is 4.74 Å². The standard InChI is InChI=1S/C21H25NO5S2/c1-4-27-21(24)18-16-7-5-6-8-17(16)28-20(18)22-19(23)14-9-11-15(12-10-14)29(25,26)13(2)3/h9-13H,4-8H2,1-3H3,(H,22,23). The summed E-state index contributed by atoms with van der Waals surface area (Å²) in [7, 11) is -3.40. The molecule has 1 aromatic heterocycles. The minimum Gasteiger partial charge on any atom is -0.462 e. The molecule has 6 nitrogen and oxygen atoms in total. The lowest BCUT2D eigenvalue weighted by Gasteiger charge is -2.12. The van der Waals surface area contributed by atoms with Crippen LogP contribution in [0.1, 0.15) is 64.8 Å². The van der Waals surface area contributed by atoms with Crippen molar-refractivity contribution in [2.45, 2.75) is 56.6 Å². The van der Waals surface area contributed by atoms with Crippen LogP contribution in [-0.2, 0) is 27.4 Å². The molecule has 0 radical (unpaired) electrons. The van der Waals surface area contributed by atoms with Gasteiger partial charge in [-0.3, -0.25) is 4.79 Å². The van der Waals surface area contributed by atoms with Crippen molar-refractivity contribution in [1.82, 2.24) is 0 Å². The van der Waals surface area contributed by atoms with Gasteiger partial charge in [0.05, 0.1) is 22.3 Å². The number of carbonyl (C=O) groups is 2. The van der Waals surface area contributed by atoms with Gasteiger partial charge in [-0.1, -0.05) is 0 Å². The largest absolute Gasteiger partial charge is 0.462 e. The molecule has 1 heterocycles. The highest BCUT2D eigenvalue weighted by atomic mass is 32.2. The molecule has 29 heavy (non-hydrogen) atoms. The third-order valence-corrected chi connectivity index (χ3v) is 8.32. The van der Waals surface area contributed by atoms with Crippen LogP contribution in [0.4, 0.5) is 5.00 Å². The van der Waals surface area contributed by atoms with Crippen LogP contribution in [-0.4, -0.2) is 32.2 Å². The monoisotopic (exact) mass is 435 g/mol. The van der Waals surface area contributed by atoms with Gasteiger partial charge < -0.3 is 10.1 Å². The maximum Gasteiger partial charge on any atom is 0.341 e. The van der Waals surface area contributed by atoms with Crippen molar-refractivity contribution in [2.75, 3.05) is 11.9 Å². The van der Waals surface area contributed by atoms with Crippen molar-refractivity contribution < 1.29 is 22.7 Å². The first kappa shape index (κ1) is 21.5. The average molecular weight is 436 g/mol. The van der Waals surface area contributed by atoms with Crippen molar-refractivity contribution in [3.63, 3.8) is 0 Å². The fraction of sp³-hybridized carbons (Fsp3) is 0.429. The summed E-state index contributed by atoms with van der Waals surface area (Å²) < 4.78 is 29.7. The number of benzene rings is 1. The number of carbonyl (C=O) groups excluding carboxylic acids is 2. The van der Waals surface area contributed by atoms with Gasteiger partial charge in [-0.05, 0) is 76.3 Å². The Bertz CT molecular complexity index is 1020. The van der Waals surface area contributed by atoms with Crippen LogP contribution < -0.4 is 5.32 Å². The lowest BCUT2D eigenvalue weighted by Crippen LogP contribution is -2.17. The van der Waals surface area contributed by atoms with E-state index in [1.54, 1.807) is 20.8 Å². The summed E-state index contributed by atoms with van der Waals surface area (Å²) >= 11 is 1.42. The van der Waals surface area contributed by atoms with E-state index in [-0.39, 0.29) is 17.4 Å². The Labute approximate surface area is 175 Å². The molecule has 1 aliphatic carbocycles. The first-order chi connectivity index (χ1) is 13.8. The first-order valence-electron chi connectivity index (χ1n) is 9.72. The average Bonchev–Trinajstić information content (AvgIpc) is 3.06. The fourth-order valence-corrected chi connectivity index (χ4v) is 5.65. The van der Waals surface area contributed by atoms with Gasteiger partial charge in [0, 0.05) is 10.4 Å². The Morgan fingerprint density at radius 1 is 1.14 bits per heavy atom. The van der Waals surface area contributed by atoms with E-state index in [0.717, 1.165) is 36.1 Å². The second-order valence-corrected chi connectivity index (χ2v) is 10.8. The van der Waals surface area contributed by atoms with Crippen LogP contribution in [0.25, 0.3) is 0 Å². The highest BCUT2D eigenvalue weighted by molar-refractivity contribution is 7.92. The number of hydrogen-bond acceptors (Lipinski definition) is 6. The third kappa shape index (κ3) is 4.38. The smallest absolute Gasteiger partial charge is 0.341 e. The molecule has 1 N–H and O–H groups in total. The summed E-state index contributed by atoms with van der Waals surface area (Å²) in [5.41, 5.74) is 1.76. The van der Waals surface area contributed by atoms with Gasteiger partial charge in [0.25, 0.3) is 5.91 Å². The Balaban J connectivity index is 1.87. The lowest BCUT2D eigenvalue weighted by molar-refractivity contribution is 0.0526. The molecule has 3 rings (SSSR count). The van der Waals surface area contributed by atoms with Crippen LogP contribution in [0, 0.1) is 0 Å². The molecular weight excluding hydrogens is 410 g/mol. The van der Waals surface area contributed by atoms with Crippen molar-refractivity contribution in [1.29, 1.82) is 0 Å². The molecule has 0 bridgehead atoms. The number of thiophene rings is 1. The third-order valence-electron chi connectivity index (χ3n) is 4.94. The van der Waals surface area contributed by atoms with Gasteiger partial charge in [0.2, 0.25) is 0 Å². The number of nitrogens with one attached hydrogen (secondary N) is 1. The summed E-state index contributed by atoms with van der Waals surface area (Å²) in [6, 6.07) is 5.86. The second kappa shape index (κ2) is 8.67. The highest BCUT2D eigenvalue weighted by Crippen LogP contribution is 2.38. The zero-order valence-corrected chi connectivity index (χ0v) is 18.4. The summed E-state index contributed by atoms with van der Waals surface area (Å²) in [6.45, 7) is 5.25. The van der Waals surface area contributed by atoms with E-state index in [9.17, 15) is 18.0 Å². The van der Waals surface area contributed by atoms with E-state index in [2.05, 4.69) is 5.32 Å². The van der Waals surface area contributed by atoms with Gasteiger partial charge in [0.1, 0.15) is 5.00 Å². The van der Waals surface area contributed by atoms with Gasteiger partial charge >= 0.3 is 5.97 Å². The number of fused-ring (bicyclic) bond motifs is 1. The number of ether oxygens (including phenoxy) is 1. The van der Waals surface area contributed by atoms with E-state index < -0.39 is 21.1 Å². The van der Waals surface area contributed by atoms with Gasteiger partial charge in [0.15, 0.2) is 9.84 Å². The molecule has 0 saturated carbocycles. The number of amides is 1. The van der Waals surface area contributed by atoms with Gasteiger partial charge in [-0.15, -0.1) is 11.3 Å². The molecule has 1 aliphatic rings. The molecular formula is C21H25NO5S2. The summed E-state index contributed by atoms with van der Waals surface area (Å²) in [5.74, 6) is -0.803. The lowest BCUT2D eigenvalue weighted by atomic mass is 9.95. The Morgan fingerprint density at radius 3 is 2.41 bits per heavy atom. The molecule has 0 spiro atoms. The summed E-state index contributed by atoms with van der Waals surface area (Å²) in [4.78, 5) is 26.6. The number of anilines is 1. The van der Waals surface area contributed by atoms with Crippen molar-refractivity contribution >= 4 is 38.1 Å². The van der Waals surface area contributed by atoms with Crippen LogP contribution in [0.5, 0.6) is 0 Å². The quantitative estimate of drug-likeness (QED) is 0.686. The van der Waals surface area contributed by atoms with Crippen molar-refractivity contribution in [2.24, 2.45) is 0 Å². The van der Waals surface area contributed by atoms with Crippen molar-refractivity contribution in [3.8, 4) is 0 Å². The molecule has 0 fully saturated rings. The van der Waals surface area contributed by atoms with Gasteiger partial charge in [-0.2, -0.15) is 0 Å². The maximum absolute atomic E-state index is 12.7. The number of esters is 1. The molecule has 0 saturated heterocycles. The van der Waals surface area contributed by atoms with E-state index >= 15 is 0 Å². The minimum absolute atomic E-state index is 0.183. The normalized spacial score (nSPS) is 13.8. The molecule has 0 aliphatic heterocycles. The van der Waals surface area contributed by atoms with Crippen LogP contribution in [0.3, 0.4) is 0 Å². The summed E-state index contributed by atoms with van der Waals surface area (Å²) in [5, 5.41) is 2.80. The molecule has 1 amide bonds. The van der Waals surface area contributed by atoms with E-state index in [1.165, 1.54) is 35.6 Å². The molecule has 156 valence electrons. The first-order valence-corrected chi connectivity index (χ1v) is 12.1. The van der Waals surface area contributed by atoms with Crippen LogP contribution in [0.2, 0.25) is 0 Å². The second-order valence-electron chi connectivity index (χ2n) is 7.21. The number of aryl methyl sites for hydroxylation is 1. The topological polar surface area (TPSA) is 89.5 Å². The molecule has 8 heteroatoms. The number of rotatable bonds is 6. The predicted molar refractivity (Wildman–Crippen MR) is 114 cm³/mol. The SMILES string of the molecule is CCOC(=O)c1c(NC(=O)c2ccc(S(=O)(=O)C(C)C)cc2)sc2c1CCCC2. The van der Waals surface area contributed by atoms with Crippen LogP contribution >= 0.6 is 11.3 Å². The highest BCUT2D eigenvalue weighted by Gasteiger charge is 2.27. The maximum atomic E-state index is 12.7. The number of hydrogen-bond donors (Lipinski definition) is 1. The predicted octanol–water partition coefficient (Wildman–Crippen LogP) is 4.24. The summed E-state index contributed by atoms with van der Waals surface area (Å²) in [6.07, 6.45) is 3.77. The van der Waals surface area contributed by atoms with E-state index in [1.807, 2.05) is 0 Å². The molecule has 0 atom stereocenters. The molecule has 1 aromatic carbocycles. The van der Waals surface area contributed by atoms with Gasteiger partial charge in [-0.25, -0.2) is 13.2 Å². The minimum atomic E-state index is -3.40. The zero-order chi connectivity index (χ0) is 21.2.